The van der Waals surface area contributed by atoms with E-state index in [1.54, 1.807) is 24.3 Å². The van der Waals surface area contributed by atoms with Gasteiger partial charge in [0.05, 0.1) is 32.9 Å². The highest BCUT2D eigenvalue weighted by Gasteiger charge is 2.19. The SMILES string of the molecule is COc1cccc(/C=C(/C#N)c2nn(CCO)c(N)c2C#N)c1OC. The van der Waals surface area contributed by atoms with Gasteiger partial charge in [0, 0.05) is 5.56 Å². The predicted molar refractivity (Wildman–Crippen MR) is 91.5 cm³/mol. The third-order valence-corrected chi connectivity index (χ3v) is 3.52. The lowest BCUT2D eigenvalue weighted by Crippen LogP contribution is -2.07. The molecule has 0 aliphatic rings. The number of anilines is 1. The van der Waals surface area contributed by atoms with Gasteiger partial charge >= 0.3 is 0 Å². The Bertz CT molecular complexity index is 887. The molecule has 8 heteroatoms. The summed E-state index contributed by atoms with van der Waals surface area (Å²) in [6.07, 6.45) is 1.55. The van der Waals surface area contributed by atoms with Gasteiger partial charge < -0.3 is 20.3 Å². The van der Waals surface area contributed by atoms with Crippen molar-refractivity contribution in [3.63, 3.8) is 0 Å². The van der Waals surface area contributed by atoms with Gasteiger partial charge in [-0.25, -0.2) is 4.68 Å². The maximum Gasteiger partial charge on any atom is 0.167 e. The molecule has 25 heavy (non-hydrogen) atoms. The predicted octanol–water partition coefficient (Wildman–Crippen LogP) is 1.41. The Morgan fingerprint density at radius 1 is 1.36 bits per heavy atom. The van der Waals surface area contributed by atoms with Gasteiger partial charge in [-0.2, -0.15) is 15.6 Å². The van der Waals surface area contributed by atoms with E-state index in [0.717, 1.165) is 0 Å². The highest BCUT2D eigenvalue weighted by Crippen LogP contribution is 2.34. The minimum atomic E-state index is -0.189. The number of methoxy groups -OCH3 is 2. The minimum Gasteiger partial charge on any atom is -0.493 e. The Morgan fingerprint density at radius 3 is 2.68 bits per heavy atom. The molecule has 0 amide bonds. The van der Waals surface area contributed by atoms with Crippen LogP contribution in [-0.4, -0.2) is 35.7 Å². The van der Waals surface area contributed by atoms with Crippen LogP contribution in [0.3, 0.4) is 0 Å². The van der Waals surface area contributed by atoms with Crippen molar-refractivity contribution in [2.75, 3.05) is 26.6 Å². The topological polar surface area (TPSA) is 130 Å². The molecular weight excluding hydrogens is 322 g/mol. The molecule has 1 aromatic carbocycles. The van der Waals surface area contributed by atoms with E-state index in [1.807, 2.05) is 12.1 Å². The number of nitrogens with two attached hydrogens (primary N) is 1. The average molecular weight is 339 g/mol. The molecule has 0 saturated heterocycles. The van der Waals surface area contributed by atoms with Gasteiger partial charge in [0.1, 0.15) is 29.2 Å². The smallest absolute Gasteiger partial charge is 0.167 e. The molecule has 128 valence electrons. The Labute approximate surface area is 144 Å². The van der Waals surface area contributed by atoms with Crippen molar-refractivity contribution in [1.82, 2.24) is 9.78 Å². The lowest BCUT2D eigenvalue weighted by molar-refractivity contribution is 0.270. The second-order valence-electron chi connectivity index (χ2n) is 4.92. The van der Waals surface area contributed by atoms with E-state index in [-0.39, 0.29) is 35.8 Å². The summed E-state index contributed by atoms with van der Waals surface area (Å²) < 4.78 is 11.9. The van der Waals surface area contributed by atoms with E-state index in [1.165, 1.54) is 18.9 Å². The maximum absolute atomic E-state index is 9.54. The fourth-order valence-electron chi connectivity index (χ4n) is 2.37. The fraction of sp³-hybridized carbons (Fsp3) is 0.235. The molecule has 0 saturated carbocycles. The molecule has 0 radical (unpaired) electrons. The summed E-state index contributed by atoms with van der Waals surface area (Å²) >= 11 is 0. The van der Waals surface area contributed by atoms with Gasteiger partial charge in [-0.05, 0) is 12.1 Å². The molecule has 0 aliphatic carbocycles. The number of hydrogen-bond donors (Lipinski definition) is 2. The molecule has 2 rings (SSSR count). The van der Waals surface area contributed by atoms with E-state index in [4.69, 9.17) is 20.3 Å². The van der Waals surface area contributed by atoms with Crippen LogP contribution in [0.5, 0.6) is 11.5 Å². The highest BCUT2D eigenvalue weighted by atomic mass is 16.5. The number of allylic oxidation sites excluding steroid dienone is 1. The van der Waals surface area contributed by atoms with E-state index in [2.05, 4.69) is 5.10 Å². The Hall–Kier alpha value is -3.49. The van der Waals surface area contributed by atoms with Gasteiger partial charge in [-0.1, -0.05) is 12.1 Å². The lowest BCUT2D eigenvalue weighted by atomic mass is 10.0. The molecule has 8 nitrogen and oxygen atoms in total. The van der Waals surface area contributed by atoms with E-state index >= 15 is 0 Å². The summed E-state index contributed by atoms with van der Waals surface area (Å²) in [7, 11) is 3.01. The number of nitrogen functional groups attached to an aromatic ring is 1. The zero-order valence-corrected chi connectivity index (χ0v) is 13.9. The molecule has 0 aliphatic heterocycles. The van der Waals surface area contributed by atoms with Crippen molar-refractivity contribution < 1.29 is 14.6 Å². The van der Waals surface area contributed by atoms with E-state index in [0.29, 0.717) is 17.1 Å². The van der Waals surface area contributed by atoms with Gasteiger partial charge in [-0.15, -0.1) is 0 Å². The third-order valence-electron chi connectivity index (χ3n) is 3.52. The molecule has 0 atom stereocenters. The van der Waals surface area contributed by atoms with Crippen LogP contribution in [0.25, 0.3) is 11.6 Å². The van der Waals surface area contributed by atoms with Crippen LogP contribution in [0.2, 0.25) is 0 Å². The number of ether oxygens (including phenoxy) is 2. The second kappa shape index (κ2) is 7.86. The molecule has 0 bridgehead atoms. The van der Waals surface area contributed by atoms with Gasteiger partial charge in [0.2, 0.25) is 0 Å². The number of benzene rings is 1. The number of rotatable bonds is 6. The number of nitriles is 2. The van der Waals surface area contributed by atoms with Crippen LogP contribution < -0.4 is 15.2 Å². The first-order valence-corrected chi connectivity index (χ1v) is 7.31. The van der Waals surface area contributed by atoms with E-state index in [9.17, 15) is 10.5 Å². The fourth-order valence-corrected chi connectivity index (χ4v) is 2.37. The summed E-state index contributed by atoms with van der Waals surface area (Å²) in [6, 6.07) is 9.23. The molecule has 0 spiro atoms. The largest absolute Gasteiger partial charge is 0.493 e. The van der Waals surface area contributed by atoms with Crippen molar-refractivity contribution in [3.8, 4) is 23.6 Å². The highest BCUT2D eigenvalue weighted by molar-refractivity contribution is 5.92. The second-order valence-corrected chi connectivity index (χ2v) is 4.92. The summed E-state index contributed by atoms with van der Waals surface area (Å²) in [5.74, 6) is 1.07. The molecule has 0 unspecified atom stereocenters. The van der Waals surface area contributed by atoms with Crippen molar-refractivity contribution in [1.29, 1.82) is 10.5 Å². The van der Waals surface area contributed by atoms with Crippen molar-refractivity contribution in [2.45, 2.75) is 6.54 Å². The van der Waals surface area contributed by atoms with Crippen LogP contribution in [0.4, 0.5) is 5.82 Å². The quantitative estimate of drug-likeness (QED) is 0.761. The summed E-state index contributed by atoms with van der Waals surface area (Å²) in [5, 5.41) is 32.1. The number of aromatic nitrogens is 2. The van der Waals surface area contributed by atoms with Crippen LogP contribution in [-0.2, 0) is 6.54 Å². The first-order valence-electron chi connectivity index (χ1n) is 7.31. The molecule has 1 heterocycles. The Kier molecular flexibility index (Phi) is 5.62. The van der Waals surface area contributed by atoms with Crippen LogP contribution >= 0.6 is 0 Å². The zero-order chi connectivity index (χ0) is 18.4. The van der Waals surface area contributed by atoms with Gasteiger partial charge in [-0.3, -0.25) is 0 Å². The van der Waals surface area contributed by atoms with Gasteiger partial charge in [0.25, 0.3) is 0 Å². The molecule has 2 aromatic rings. The standard InChI is InChI=1S/C17H17N5O3/c1-24-14-5-3-4-11(16(14)25-2)8-12(9-18)15-13(10-19)17(20)22(21-15)6-7-23/h3-5,8,23H,6-7,20H2,1-2H3/b12-8-. The molecule has 3 N–H and O–H groups in total. The molecular formula is C17H17N5O3. The average Bonchev–Trinajstić information content (AvgIpc) is 2.95. The first-order chi connectivity index (χ1) is 12.1. The Balaban J connectivity index is 2.63. The van der Waals surface area contributed by atoms with E-state index < -0.39 is 0 Å². The number of nitrogens with zero attached hydrogens (tertiary/aromatic N) is 4. The zero-order valence-electron chi connectivity index (χ0n) is 13.9. The number of hydrogen-bond acceptors (Lipinski definition) is 7. The lowest BCUT2D eigenvalue weighted by Gasteiger charge is -2.10. The molecule has 1 aromatic heterocycles. The number of aliphatic hydroxyl groups is 1. The first kappa shape index (κ1) is 17.9. The van der Waals surface area contributed by atoms with Crippen LogP contribution in [0, 0.1) is 22.7 Å². The maximum atomic E-state index is 9.54. The van der Waals surface area contributed by atoms with Crippen molar-refractivity contribution in [3.05, 3.63) is 35.0 Å². The van der Waals surface area contributed by atoms with Crippen molar-refractivity contribution >= 4 is 17.5 Å². The number of aliphatic hydroxyl groups excluding tert-OH is 1. The monoisotopic (exact) mass is 339 g/mol. The Morgan fingerprint density at radius 2 is 2.12 bits per heavy atom. The summed E-state index contributed by atoms with van der Waals surface area (Å²) in [4.78, 5) is 0. The third kappa shape index (κ3) is 3.39. The van der Waals surface area contributed by atoms with Crippen LogP contribution in [0.15, 0.2) is 18.2 Å². The summed E-state index contributed by atoms with van der Waals surface area (Å²) in [5.41, 5.74) is 6.85. The summed E-state index contributed by atoms with van der Waals surface area (Å²) in [6.45, 7) is -0.0623. The number of para-hydroxylation sites is 1. The minimum absolute atomic E-state index is 0.0862. The molecule has 0 fully saturated rings. The van der Waals surface area contributed by atoms with Gasteiger partial charge in [0.15, 0.2) is 11.5 Å². The van der Waals surface area contributed by atoms with Crippen LogP contribution in [0.1, 0.15) is 16.8 Å². The van der Waals surface area contributed by atoms with Crippen molar-refractivity contribution in [2.24, 2.45) is 0 Å². The normalized spacial score (nSPS) is 10.8.